The minimum Gasteiger partial charge on any atom is -0.497 e. The first-order chi connectivity index (χ1) is 16.3. The highest BCUT2D eigenvalue weighted by molar-refractivity contribution is 7.98. The summed E-state index contributed by atoms with van der Waals surface area (Å²) in [5, 5.41) is 2.96. The third-order valence-electron chi connectivity index (χ3n) is 5.47. The van der Waals surface area contributed by atoms with E-state index >= 15 is 0 Å². The second-order valence-electron chi connectivity index (χ2n) is 7.85. The van der Waals surface area contributed by atoms with Crippen molar-refractivity contribution in [3.63, 3.8) is 0 Å². The van der Waals surface area contributed by atoms with Crippen LogP contribution < -0.4 is 14.8 Å². The number of amides is 1. The number of hydrogen-bond acceptors (Lipinski definition) is 5. The molecule has 180 valence electrons. The van der Waals surface area contributed by atoms with E-state index in [1.54, 1.807) is 23.9 Å². The van der Waals surface area contributed by atoms with Gasteiger partial charge in [0, 0.05) is 0 Å². The second-order valence-corrected chi connectivity index (χ2v) is 10.5. The number of benzene rings is 3. The monoisotopic (exact) mass is 498 g/mol. The van der Waals surface area contributed by atoms with E-state index in [-0.39, 0.29) is 16.8 Å². The smallest absolute Gasteiger partial charge is 0.241 e. The Morgan fingerprint density at radius 2 is 1.56 bits per heavy atom. The highest BCUT2D eigenvalue weighted by Gasteiger charge is 2.26. The number of nitrogens with one attached hydrogen (secondary N) is 2. The molecular weight excluding hydrogens is 468 g/mol. The molecule has 3 aromatic carbocycles. The normalized spacial score (nSPS) is 13.1. The summed E-state index contributed by atoms with van der Waals surface area (Å²) in [6.45, 7) is 1.89. The maximum Gasteiger partial charge on any atom is 0.241 e. The first kappa shape index (κ1) is 25.8. The van der Waals surface area contributed by atoms with Gasteiger partial charge >= 0.3 is 0 Å². The third-order valence-corrected chi connectivity index (χ3v) is 7.60. The molecule has 0 aliphatic heterocycles. The van der Waals surface area contributed by atoms with Crippen LogP contribution in [0.4, 0.5) is 0 Å². The molecule has 0 aromatic heterocycles. The van der Waals surface area contributed by atoms with Gasteiger partial charge in [-0.15, -0.1) is 0 Å². The van der Waals surface area contributed by atoms with E-state index in [1.807, 2.05) is 67.8 Å². The van der Waals surface area contributed by atoms with Crippen molar-refractivity contribution in [1.29, 1.82) is 0 Å². The minimum absolute atomic E-state index is 0.0831. The average Bonchev–Trinajstić information content (AvgIpc) is 2.87. The van der Waals surface area contributed by atoms with Gasteiger partial charge < -0.3 is 10.1 Å². The van der Waals surface area contributed by atoms with Gasteiger partial charge in [0.25, 0.3) is 0 Å². The zero-order valence-electron chi connectivity index (χ0n) is 19.5. The van der Waals surface area contributed by atoms with Crippen LogP contribution >= 0.6 is 11.8 Å². The summed E-state index contributed by atoms with van der Waals surface area (Å²) in [7, 11) is -2.36. The molecule has 0 spiro atoms. The molecule has 1 amide bonds. The summed E-state index contributed by atoms with van der Waals surface area (Å²) < 4.78 is 33.5. The Balaban J connectivity index is 1.70. The first-order valence-electron chi connectivity index (χ1n) is 10.9. The fourth-order valence-corrected chi connectivity index (χ4v) is 5.18. The molecule has 2 N–H and O–H groups in total. The van der Waals surface area contributed by atoms with Crippen LogP contribution in [-0.2, 0) is 14.8 Å². The average molecular weight is 499 g/mol. The van der Waals surface area contributed by atoms with Crippen LogP contribution in [0.3, 0.4) is 0 Å². The standard InChI is InChI=1S/C26H30N2O4S2/c1-19(20-9-11-22(12-10-20)21-7-5-4-6-8-21)27-26(29)25(17-18-33-3)28-34(30,31)24-15-13-23(32-2)14-16-24/h4-16,19,25,28H,17-18H2,1-3H3,(H,27,29)/t19-,25-/m0/s1. The van der Waals surface area contributed by atoms with Gasteiger partial charge in [0.1, 0.15) is 11.8 Å². The Kier molecular flexibility index (Phi) is 9.15. The molecule has 0 aliphatic rings. The van der Waals surface area contributed by atoms with Gasteiger partial charge in [0.2, 0.25) is 15.9 Å². The molecule has 0 unspecified atom stereocenters. The van der Waals surface area contributed by atoms with E-state index in [0.717, 1.165) is 16.7 Å². The van der Waals surface area contributed by atoms with Crippen LogP contribution in [0.5, 0.6) is 5.75 Å². The summed E-state index contributed by atoms with van der Waals surface area (Å²) in [6.07, 6.45) is 2.30. The molecule has 0 heterocycles. The zero-order chi connectivity index (χ0) is 24.6. The Morgan fingerprint density at radius 3 is 2.15 bits per heavy atom. The van der Waals surface area contributed by atoms with Gasteiger partial charge in [-0.3, -0.25) is 4.79 Å². The number of carbonyl (C=O) groups is 1. The predicted molar refractivity (Wildman–Crippen MR) is 139 cm³/mol. The topological polar surface area (TPSA) is 84.5 Å². The SMILES string of the molecule is COc1ccc(S(=O)(=O)N[C@@H](CCSC)C(=O)N[C@@H](C)c2ccc(-c3ccccc3)cc2)cc1. The largest absolute Gasteiger partial charge is 0.497 e. The predicted octanol–water partition coefficient (Wildman–Crippen LogP) is 4.64. The lowest BCUT2D eigenvalue weighted by Gasteiger charge is -2.22. The highest BCUT2D eigenvalue weighted by Crippen LogP contribution is 2.22. The number of methoxy groups -OCH3 is 1. The van der Waals surface area contributed by atoms with Crippen LogP contribution in [0.2, 0.25) is 0 Å². The van der Waals surface area contributed by atoms with Crippen LogP contribution in [0.1, 0.15) is 24.9 Å². The summed E-state index contributed by atoms with van der Waals surface area (Å²) in [5.74, 6) is 0.845. The molecule has 0 saturated carbocycles. The third kappa shape index (κ3) is 6.85. The van der Waals surface area contributed by atoms with E-state index in [9.17, 15) is 13.2 Å². The number of ether oxygens (including phenoxy) is 1. The lowest BCUT2D eigenvalue weighted by molar-refractivity contribution is -0.123. The number of thioether (sulfide) groups is 1. The van der Waals surface area contributed by atoms with Crippen molar-refractivity contribution >= 4 is 27.7 Å². The number of sulfonamides is 1. The Hall–Kier alpha value is -2.81. The van der Waals surface area contributed by atoms with Crippen molar-refractivity contribution in [1.82, 2.24) is 10.0 Å². The second kappa shape index (κ2) is 12.1. The Bertz CT molecular complexity index is 1170. The molecule has 0 bridgehead atoms. The highest BCUT2D eigenvalue weighted by atomic mass is 32.2. The molecule has 3 rings (SSSR count). The van der Waals surface area contributed by atoms with Crippen LogP contribution in [0.15, 0.2) is 83.8 Å². The molecule has 2 atom stereocenters. The Labute approximate surface area is 206 Å². The summed E-state index contributed by atoms with van der Waals surface area (Å²) in [6, 6.07) is 23.0. The summed E-state index contributed by atoms with van der Waals surface area (Å²) in [5.41, 5.74) is 3.15. The molecule has 3 aromatic rings. The van der Waals surface area contributed by atoms with Crippen molar-refractivity contribution in [2.75, 3.05) is 19.1 Å². The summed E-state index contributed by atoms with van der Waals surface area (Å²) in [4.78, 5) is 13.1. The first-order valence-corrected chi connectivity index (χ1v) is 13.8. The molecular formula is C26H30N2O4S2. The zero-order valence-corrected chi connectivity index (χ0v) is 21.2. The molecule has 34 heavy (non-hydrogen) atoms. The maximum absolute atomic E-state index is 13.1. The van der Waals surface area contributed by atoms with Crippen molar-refractivity contribution in [3.05, 3.63) is 84.4 Å². The maximum atomic E-state index is 13.1. The van der Waals surface area contributed by atoms with Crippen LogP contribution in [-0.4, -0.2) is 39.5 Å². The molecule has 8 heteroatoms. The van der Waals surface area contributed by atoms with Gasteiger partial charge in [0.15, 0.2) is 0 Å². The lowest BCUT2D eigenvalue weighted by atomic mass is 10.0. The lowest BCUT2D eigenvalue weighted by Crippen LogP contribution is -2.47. The van der Waals surface area contributed by atoms with E-state index in [4.69, 9.17) is 4.74 Å². The van der Waals surface area contributed by atoms with E-state index in [1.165, 1.54) is 19.2 Å². The van der Waals surface area contributed by atoms with Gasteiger partial charge in [-0.2, -0.15) is 16.5 Å². The van der Waals surface area contributed by atoms with E-state index in [0.29, 0.717) is 17.9 Å². The van der Waals surface area contributed by atoms with Gasteiger partial charge in [0.05, 0.1) is 18.0 Å². The fraction of sp³-hybridized carbons (Fsp3) is 0.269. The number of rotatable bonds is 11. The van der Waals surface area contributed by atoms with Crippen LogP contribution in [0, 0.1) is 0 Å². The molecule has 0 radical (unpaired) electrons. The van der Waals surface area contributed by atoms with Crippen LogP contribution in [0.25, 0.3) is 11.1 Å². The minimum atomic E-state index is -3.87. The molecule has 0 fully saturated rings. The number of carbonyl (C=O) groups excluding carboxylic acids is 1. The van der Waals surface area contributed by atoms with Crippen molar-refractivity contribution < 1.29 is 17.9 Å². The van der Waals surface area contributed by atoms with Gasteiger partial charge in [-0.05, 0) is 66.3 Å². The van der Waals surface area contributed by atoms with Gasteiger partial charge in [-0.25, -0.2) is 8.42 Å². The fourth-order valence-electron chi connectivity index (χ4n) is 3.48. The quantitative estimate of drug-likeness (QED) is 0.402. The molecule has 0 saturated heterocycles. The Morgan fingerprint density at radius 1 is 0.941 bits per heavy atom. The van der Waals surface area contributed by atoms with Crippen molar-refractivity contribution in [3.8, 4) is 16.9 Å². The van der Waals surface area contributed by atoms with E-state index in [2.05, 4.69) is 10.0 Å². The molecule has 6 nitrogen and oxygen atoms in total. The van der Waals surface area contributed by atoms with Crippen molar-refractivity contribution in [2.45, 2.75) is 30.3 Å². The molecule has 0 aliphatic carbocycles. The van der Waals surface area contributed by atoms with E-state index < -0.39 is 16.1 Å². The number of hydrogen-bond donors (Lipinski definition) is 2. The summed E-state index contributed by atoms with van der Waals surface area (Å²) >= 11 is 1.56. The van der Waals surface area contributed by atoms with Gasteiger partial charge in [-0.1, -0.05) is 54.6 Å². The van der Waals surface area contributed by atoms with Crippen molar-refractivity contribution in [2.24, 2.45) is 0 Å².